The topological polar surface area (TPSA) is 46.6 Å². The fourth-order valence-electron chi connectivity index (χ4n) is 2.44. The summed E-state index contributed by atoms with van der Waals surface area (Å²) in [7, 11) is 1.70. The number of esters is 1. The molecule has 0 N–H and O–H groups in total. The van der Waals surface area contributed by atoms with Gasteiger partial charge in [0.15, 0.2) is 0 Å². The molecule has 17 heavy (non-hydrogen) atoms. The Morgan fingerprint density at radius 3 is 2.24 bits per heavy atom. The van der Waals surface area contributed by atoms with Crippen molar-refractivity contribution in [3.63, 3.8) is 0 Å². The minimum absolute atomic E-state index is 0.203. The van der Waals surface area contributed by atoms with Crippen LogP contribution in [0.3, 0.4) is 0 Å². The molecular weight excluding hydrogens is 218 g/mol. The van der Waals surface area contributed by atoms with Crippen molar-refractivity contribution in [2.75, 3.05) is 13.7 Å². The number of carbonyl (C=O) groups is 2. The van der Waals surface area contributed by atoms with E-state index >= 15 is 0 Å². The van der Waals surface area contributed by atoms with Crippen LogP contribution in [0.4, 0.5) is 0 Å². The van der Waals surface area contributed by atoms with Gasteiger partial charge in [0.2, 0.25) is 0 Å². The Hall–Kier alpha value is -1.06. The van der Waals surface area contributed by atoms with Gasteiger partial charge in [-0.25, -0.2) is 4.79 Å². The van der Waals surface area contributed by atoms with Crippen LogP contribution < -0.4 is 0 Å². The highest BCUT2D eigenvalue weighted by atomic mass is 16.5. The molecular formula is C13H23NO3. The molecule has 0 saturated heterocycles. The lowest BCUT2D eigenvalue weighted by molar-refractivity contribution is -0.160. The largest absolute Gasteiger partial charge is 0.459 e. The molecule has 0 aromatic carbocycles. The fourth-order valence-corrected chi connectivity index (χ4v) is 2.44. The highest BCUT2D eigenvalue weighted by molar-refractivity contribution is 6.32. The third kappa shape index (κ3) is 3.72. The predicted octanol–water partition coefficient (Wildman–Crippen LogP) is 1.98. The fraction of sp³-hybridized carbons (Fsp3) is 0.846. The lowest BCUT2D eigenvalue weighted by Gasteiger charge is -2.33. The van der Waals surface area contributed by atoms with Gasteiger partial charge < -0.3 is 9.64 Å². The summed E-state index contributed by atoms with van der Waals surface area (Å²) >= 11 is 0. The van der Waals surface area contributed by atoms with Gasteiger partial charge in [0.05, 0.1) is 6.61 Å². The van der Waals surface area contributed by atoms with Gasteiger partial charge in [0.25, 0.3) is 0 Å². The van der Waals surface area contributed by atoms with E-state index in [-0.39, 0.29) is 12.6 Å². The Balaban J connectivity index is 2.45. The molecule has 0 aliphatic heterocycles. The molecule has 0 unspecified atom stereocenters. The summed E-state index contributed by atoms with van der Waals surface area (Å²) in [6.45, 7) is 4.16. The number of likely N-dealkylation sites (N-methyl/N-ethyl adjacent to an activating group) is 1. The Morgan fingerprint density at radius 1 is 1.18 bits per heavy atom. The molecule has 1 saturated carbocycles. The van der Waals surface area contributed by atoms with E-state index in [4.69, 9.17) is 4.74 Å². The molecule has 4 heteroatoms. The van der Waals surface area contributed by atoms with E-state index < -0.39 is 11.9 Å². The summed E-state index contributed by atoms with van der Waals surface area (Å²) in [6.07, 6.45) is 5.52. The second-order valence-corrected chi connectivity index (χ2v) is 4.72. The smallest absolute Gasteiger partial charge is 0.397 e. The average Bonchev–Trinajstić information content (AvgIpc) is 2.37. The number of amides is 1. The van der Waals surface area contributed by atoms with Crippen LogP contribution in [0.5, 0.6) is 0 Å². The van der Waals surface area contributed by atoms with Crippen molar-refractivity contribution in [3.8, 4) is 0 Å². The molecule has 1 aliphatic rings. The van der Waals surface area contributed by atoms with Crippen molar-refractivity contribution in [2.45, 2.75) is 52.0 Å². The molecule has 0 spiro atoms. The Morgan fingerprint density at radius 2 is 1.76 bits per heavy atom. The molecule has 0 bridgehead atoms. The van der Waals surface area contributed by atoms with Gasteiger partial charge in [-0.05, 0) is 38.5 Å². The first-order valence-electron chi connectivity index (χ1n) is 6.54. The highest BCUT2D eigenvalue weighted by Gasteiger charge is 2.29. The summed E-state index contributed by atoms with van der Waals surface area (Å²) in [6, 6.07) is 0.203. The SMILES string of the molecule is CCOC(=O)C(=O)N(C)C1CCC(CC)CC1. The summed E-state index contributed by atoms with van der Waals surface area (Å²) in [5, 5.41) is 0. The summed E-state index contributed by atoms with van der Waals surface area (Å²) in [5.41, 5.74) is 0. The quantitative estimate of drug-likeness (QED) is 0.560. The first-order chi connectivity index (χ1) is 8.10. The number of rotatable bonds is 3. The van der Waals surface area contributed by atoms with Crippen molar-refractivity contribution >= 4 is 11.9 Å². The van der Waals surface area contributed by atoms with Crippen LogP contribution >= 0.6 is 0 Å². The number of hydrogen-bond donors (Lipinski definition) is 0. The molecule has 0 heterocycles. The molecule has 4 nitrogen and oxygen atoms in total. The summed E-state index contributed by atoms with van der Waals surface area (Å²) in [4.78, 5) is 24.6. The third-order valence-electron chi connectivity index (χ3n) is 3.71. The van der Waals surface area contributed by atoms with Gasteiger partial charge in [-0.2, -0.15) is 0 Å². The van der Waals surface area contributed by atoms with Gasteiger partial charge in [0.1, 0.15) is 0 Å². The van der Waals surface area contributed by atoms with E-state index in [1.807, 2.05) is 0 Å². The first kappa shape index (κ1) is 14.0. The van der Waals surface area contributed by atoms with Crippen molar-refractivity contribution in [3.05, 3.63) is 0 Å². The van der Waals surface area contributed by atoms with Crippen molar-refractivity contribution < 1.29 is 14.3 Å². The second-order valence-electron chi connectivity index (χ2n) is 4.72. The van der Waals surface area contributed by atoms with Crippen LogP contribution in [-0.2, 0) is 14.3 Å². The highest BCUT2D eigenvalue weighted by Crippen LogP contribution is 2.28. The van der Waals surface area contributed by atoms with Crippen LogP contribution in [0, 0.1) is 5.92 Å². The van der Waals surface area contributed by atoms with Crippen molar-refractivity contribution in [1.29, 1.82) is 0 Å². The number of hydrogen-bond acceptors (Lipinski definition) is 3. The van der Waals surface area contributed by atoms with E-state index in [0.717, 1.165) is 31.6 Å². The zero-order chi connectivity index (χ0) is 12.8. The van der Waals surface area contributed by atoms with Crippen LogP contribution in [-0.4, -0.2) is 36.5 Å². The van der Waals surface area contributed by atoms with Crippen LogP contribution in [0.2, 0.25) is 0 Å². The van der Waals surface area contributed by atoms with Gasteiger partial charge in [-0.3, -0.25) is 4.79 Å². The van der Waals surface area contributed by atoms with Gasteiger partial charge in [-0.1, -0.05) is 13.3 Å². The minimum Gasteiger partial charge on any atom is -0.459 e. The summed E-state index contributed by atoms with van der Waals surface area (Å²) < 4.78 is 4.73. The maximum absolute atomic E-state index is 11.7. The van der Waals surface area contributed by atoms with Gasteiger partial charge in [-0.15, -0.1) is 0 Å². The Bertz CT molecular complexity index is 270. The second kappa shape index (κ2) is 6.62. The Kier molecular flexibility index (Phi) is 5.45. The van der Waals surface area contributed by atoms with E-state index in [1.54, 1.807) is 18.9 Å². The zero-order valence-corrected chi connectivity index (χ0v) is 11.1. The number of nitrogens with zero attached hydrogens (tertiary/aromatic N) is 1. The van der Waals surface area contributed by atoms with Crippen molar-refractivity contribution in [2.24, 2.45) is 5.92 Å². The van der Waals surface area contributed by atoms with E-state index in [2.05, 4.69) is 6.92 Å². The van der Waals surface area contributed by atoms with Crippen LogP contribution in [0.15, 0.2) is 0 Å². The number of ether oxygens (including phenoxy) is 1. The molecule has 0 aromatic rings. The molecule has 0 radical (unpaired) electrons. The zero-order valence-electron chi connectivity index (χ0n) is 11.1. The average molecular weight is 241 g/mol. The van der Waals surface area contributed by atoms with Crippen LogP contribution in [0.1, 0.15) is 46.0 Å². The van der Waals surface area contributed by atoms with Crippen molar-refractivity contribution in [1.82, 2.24) is 4.90 Å². The number of carbonyl (C=O) groups excluding carboxylic acids is 2. The van der Waals surface area contributed by atoms with Crippen LogP contribution in [0.25, 0.3) is 0 Å². The molecule has 1 amide bonds. The molecule has 1 rings (SSSR count). The summed E-state index contributed by atoms with van der Waals surface area (Å²) in [5.74, 6) is -0.447. The minimum atomic E-state index is -0.729. The lowest BCUT2D eigenvalue weighted by atomic mass is 9.84. The van der Waals surface area contributed by atoms with Gasteiger partial charge >= 0.3 is 11.9 Å². The van der Waals surface area contributed by atoms with E-state index in [0.29, 0.717) is 0 Å². The maximum Gasteiger partial charge on any atom is 0.397 e. The monoisotopic (exact) mass is 241 g/mol. The lowest BCUT2D eigenvalue weighted by Crippen LogP contribution is -2.43. The molecule has 1 aliphatic carbocycles. The van der Waals surface area contributed by atoms with Gasteiger partial charge in [0, 0.05) is 13.1 Å². The normalized spacial score (nSPS) is 24.2. The standard InChI is InChI=1S/C13H23NO3/c1-4-10-6-8-11(9-7-10)14(3)12(15)13(16)17-5-2/h10-11H,4-9H2,1-3H3. The van der Waals surface area contributed by atoms with E-state index in [1.165, 1.54) is 6.42 Å². The Labute approximate surface area is 103 Å². The van der Waals surface area contributed by atoms with E-state index in [9.17, 15) is 9.59 Å². The molecule has 98 valence electrons. The third-order valence-corrected chi connectivity index (χ3v) is 3.71. The molecule has 0 aromatic heterocycles. The predicted molar refractivity (Wildman–Crippen MR) is 65.4 cm³/mol. The molecule has 1 fully saturated rings. The molecule has 0 atom stereocenters. The maximum atomic E-state index is 11.7. The first-order valence-corrected chi connectivity index (χ1v) is 6.54.